The van der Waals surface area contributed by atoms with Gasteiger partial charge in [-0.1, -0.05) is 23.7 Å². The molecule has 1 aliphatic heterocycles. The summed E-state index contributed by atoms with van der Waals surface area (Å²) < 4.78 is 5.84. The largest absolute Gasteiger partial charge is 0.491 e. The second kappa shape index (κ2) is 8.91. The lowest BCUT2D eigenvalue weighted by Gasteiger charge is -2.21. The van der Waals surface area contributed by atoms with E-state index in [-0.39, 0.29) is 5.91 Å². The zero-order chi connectivity index (χ0) is 20.1. The maximum atomic E-state index is 13.0. The Bertz CT molecular complexity index is 958. The second-order valence-electron chi connectivity index (χ2n) is 6.37. The number of rotatable bonds is 2. The predicted octanol–water partition coefficient (Wildman–Crippen LogP) is 3.68. The number of carbonyl (C=O) groups excluding carboxylic acids is 1. The third kappa shape index (κ3) is 4.18. The second-order valence-corrected chi connectivity index (χ2v) is 6.78. The van der Waals surface area contributed by atoms with Crippen LogP contribution < -0.4 is 4.74 Å². The first-order valence-corrected chi connectivity index (χ1v) is 9.24. The molecule has 0 spiro atoms. The van der Waals surface area contributed by atoms with E-state index in [4.69, 9.17) is 21.4 Å². The van der Waals surface area contributed by atoms with Crippen molar-refractivity contribution in [3.8, 4) is 16.9 Å². The number of aromatic amines is 1. The number of aromatic nitrogens is 2. The number of H-pyrrole nitrogens is 1. The monoisotopic (exact) mass is 399 g/mol. The van der Waals surface area contributed by atoms with Gasteiger partial charge in [0, 0.05) is 31.0 Å². The first kappa shape index (κ1) is 19.9. The van der Waals surface area contributed by atoms with Gasteiger partial charge in [-0.2, -0.15) is 5.10 Å². The van der Waals surface area contributed by atoms with Crippen LogP contribution >= 0.6 is 11.6 Å². The van der Waals surface area contributed by atoms with Gasteiger partial charge in [-0.15, -0.1) is 0 Å². The Morgan fingerprint density at radius 2 is 2.04 bits per heavy atom. The molecule has 2 heterocycles. The number of aryl methyl sites for hydroxylation is 1. The van der Waals surface area contributed by atoms with Crippen molar-refractivity contribution in [2.24, 2.45) is 0 Å². The third-order valence-electron chi connectivity index (χ3n) is 4.51. The molecular weight excluding hydrogens is 378 g/mol. The number of carbonyl (C=O) groups is 1. The van der Waals surface area contributed by atoms with Gasteiger partial charge in [0.15, 0.2) is 0 Å². The Balaban J connectivity index is 0.00000109. The van der Waals surface area contributed by atoms with Gasteiger partial charge in [0.2, 0.25) is 0 Å². The first-order valence-electron chi connectivity index (χ1n) is 8.87. The average molecular weight is 400 g/mol. The van der Waals surface area contributed by atoms with Crippen molar-refractivity contribution in [3.05, 3.63) is 70.5 Å². The highest BCUT2D eigenvalue weighted by Crippen LogP contribution is 2.30. The SMILES string of the molecule is CO.Cc1ccc(C(=O)N2CCOc3ccc(-c4cn[nH]c4)cc3C2)c(Cl)c1. The molecule has 0 unspecified atom stereocenters. The Kier molecular flexibility index (Phi) is 6.34. The van der Waals surface area contributed by atoms with Gasteiger partial charge in [-0.3, -0.25) is 9.89 Å². The normalized spacial score (nSPS) is 12.9. The lowest BCUT2D eigenvalue weighted by molar-refractivity contribution is 0.0733. The molecular formula is C21H22ClN3O3. The van der Waals surface area contributed by atoms with E-state index in [0.29, 0.717) is 30.3 Å². The molecule has 1 aliphatic rings. The third-order valence-corrected chi connectivity index (χ3v) is 4.83. The van der Waals surface area contributed by atoms with Crippen LogP contribution in [0.5, 0.6) is 5.75 Å². The van der Waals surface area contributed by atoms with Crippen molar-refractivity contribution < 1.29 is 14.6 Å². The summed E-state index contributed by atoms with van der Waals surface area (Å²) in [6.07, 6.45) is 3.61. The summed E-state index contributed by atoms with van der Waals surface area (Å²) in [5.41, 5.74) is 4.55. The van der Waals surface area contributed by atoms with Crippen molar-refractivity contribution in [3.63, 3.8) is 0 Å². The first-order chi connectivity index (χ1) is 13.6. The fourth-order valence-corrected chi connectivity index (χ4v) is 3.44. The van der Waals surface area contributed by atoms with Crippen LogP contribution in [0.3, 0.4) is 0 Å². The molecule has 0 bridgehead atoms. The van der Waals surface area contributed by atoms with E-state index in [0.717, 1.165) is 35.1 Å². The minimum absolute atomic E-state index is 0.0832. The van der Waals surface area contributed by atoms with Crippen LogP contribution in [0, 0.1) is 6.92 Å². The van der Waals surface area contributed by atoms with Crippen LogP contribution in [-0.4, -0.2) is 46.4 Å². The van der Waals surface area contributed by atoms with Crippen molar-refractivity contribution in [2.45, 2.75) is 13.5 Å². The lowest BCUT2D eigenvalue weighted by atomic mass is 10.0. The number of benzene rings is 2. The fraction of sp³-hybridized carbons (Fsp3) is 0.238. The van der Waals surface area contributed by atoms with Gasteiger partial charge < -0.3 is 14.7 Å². The summed E-state index contributed by atoms with van der Waals surface area (Å²) in [6.45, 7) is 3.39. The van der Waals surface area contributed by atoms with Crippen molar-refractivity contribution in [1.29, 1.82) is 0 Å². The number of hydrogen-bond acceptors (Lipinski definition) is 4. The zero-order valence-electron chi connectivity index (χ0n) is 15.8. The number of aliphatic hydroxyl groups excluding tert-OH is 1. The summed E-state index contributed by atoms with van der Waals surface area (Å²) in [6, 6.07) is 11.5. The molecule has 2 aromatic carbocycles. The molecule has 7 heteroatoms. The molecule has 0 atom stereocenters. The molecule has 4 rings (SSSR count). The molecule has 0 radical (unpaired) electrons. The summed E-state index contributed by atoms with van der Waals surface area (Å²) in [5.74, 6) is 0.725. The number of hydrogen-bond donors (Lipinski definition) is 2. The average Bonchev–Trinajstić information content (AvgIpc) is 3.15. The summed E-state index contributed by atoms with van der Waals surface area (Å²) >= 11 is 6.29. The topological polar surface area (TPSA) is 78.4 Å². The van der Waals surface area contributed by atoms with Crippen LogP contribution in [0.1, 0.15) is 21.5 Å². The molecule has 0 saturated carbocycles. The molecule has 2 N–H and O–H groups in total. The van der Waals surface area contributed by atoms with Gasteiger partial charge in [0.05, 0.1) is 23.3 Å². The van der Waals surface area contributed by atoms with Gasteiger partial charge >= 0.3 is 0 Å². The minimum Gasteiger partial charge on any atom is -0.491 e. The van der Waals surface area contributed by atoms with E-state index in [1.165, 1.54) is 0 Å². The Hall–Kier alpha value is -2.83. The number of halogens is 1. The van der Waals surface area contributed by atoms with E-state index < -0.39 is 0 Å². The molecule has 0 fully saturated rings. The number of nitrogens with one attached hydrogen (secondary N) is 1. The molecule has 0 saturated heterocycles. The van der Waals surface area contributed by atoms with Crippen LogP contribution in [0.15, 0.2) is 48.8 Å². The zero-order valence-corrected chi connectivity index (χ0v) is 16.5. The van der Waals surface area contributed by atoms with Gasteiger partial charge in [-0.05, 0) is 42.3 Å². The molecule has 0 aliphatic carbocycles. The standard InChI is InChI=1S/C20H18ClN3O2.CH4O/c1-13-2-4-17(18(21)8-13)20(25)24-6-7-26-19-5-3-14(9-15(19)12-24)16-10-22-23-11-16;1-2/h2-5,8-11H,6-7,12H2,1H3,(H,22,23);2H,1H3. The lowest BCUT2D eigenvalue weighted by Crippen LogP contribution is -2.32. The van der Waals surface area contributed by atoms with Crippen molar-refractivity contribution in [2.75, 3.05) is 20.3 Å². The van der Waals surface area contributed by atoms with Gasteiger partial charge in [0.1, 0.15) is 12.4 Å². The van der Waals surface area contributed by atoms with E-state index in [1.54, 1.807) is 17.2 Å². The highest BCUT2D eigenvalue weighted by molar-refractivity contribution is 6.33. The Morgan fingerprint density at radius 3 is 2.75 bits per heavy atom. The van der Waals surface area contributed by atoms with Gasteiger partial charge in [0.25, 0.3) is 5.91 Å². The van der Waals surface area contributed by atoms with Crippen molar-refractivity contribution >= 4 is 17.5 Å². The minimum atomic E-state index is -0.0832. The Labute approximate surface area is 168 Å². The van der Waals surface area contributed by atoms with E-state index >= 15 is 0 Å². The Morgan fingerprint density at radius 1 is 1.21 bits per heavy atom. The van der Waals surface area contributed by atoms with Crippen LogP contribution in [-0.2, 0) is 6.54 Å². The highest BCUT2D eigenvalue weighted by atomic mass is 35.5. The summed E-state index contributed by atoms with van der Waals surface area (Å²) in [5, 5.41) is 14.3. The molecule has 28 heavy (non-hydrogen) atoms. The maximum Gasteiger partial charge on any atom is 0.255 e. The molecule has 6 nitrogen and oxygen atoms in total. The number of nitrogens with zero attached hydrogens (tertiary/aromatic N) is 2. The van der Waals surface area contributed by atoms with E-state index in [2.05, 4.69) is 10.2 Å². The number of fused-ring (bicyclic) bond motifs is 1. The predicted molar refractivity (Wildman–Crippen MR) is 109 cm³/mol. The molecule has 1 aromatic heterocycles. The number of amides is 1. The van der Waals surface area contributed by atoms with Crippen molar-refractivity contribution in [1.82, 2.24) is 15.1 Å². The van der Waals surface area contributed by atoms with Crippen LogP contribution in [0.4, 0.5) is 0 Å². The maximum absolute atomic E-state index is 13.0. The fourth-order valence-electron chi connectivity index (χ4n) is 3.12. The van der Waals surface area contributed by atoms with E-state index in [9.17, 15) is 4.79 Å². The quantitative estimate of drug-likeness (QED) is 0.689. The number of aliphatic hydroxyl groups is 1. The summed E-state index contributed by atoms with van der Waals surface area (Å²) in [7, 11) is 1.00. The summed E-state index contributed by atoms with van der Waals surface area (Å²) in [4.78, 5) is 14.8. The smallest absolute Gasteiger partial charge is 0.255 e. The molecule has 1 amide bonds. The van der Waals surface area contributed by atoms with Gasteiger partial charge in [-0.25, -0.2) is 0 Å². The van der Waals surface area contributed by atoms with Crippen LogP contribution in [0.2, 0.25) is 5.02 Å². The number of ether oxygens (including phenoxy) is 1. The molecule has 3 aromatic rings. The molecule has 146 valence electrons. The van der Waals surface area contributed by atoms with Crippen LogP contribution in [0.25, 0.3) is 11.1 Å². The highest BCUT2D eigenvalue weighted by Gasteiger charge is 2.23. The van der Waals surface area contributed by atoms with E-state index in [1.807, 2.05) is 43.5 Å².